The van der Waals surface area contributed by atoms with Crippen LogP contribution in [0.3, 0.4) is 0 Å². The number of aryl methyl sites for hydroxylation is 1. The van der Waals surface area contributed by atoms with Gasteiger partial charge < -0.3 is 0 Å². The molecule has 3 aromatic rings. The van der Waals surface area contributed by atoms with E-state index >= 15 is 0 Å². The van der Waals surface area contributed by atoms with Crippen LogP contribution in [0.4, 0.5) is 0 Å². The summed E-state index contributed by atoms with van der Waals surface area (Å²) in [5, 5.41) is 3.71. The summed E-state index contributed by atoms with van der Waals surface area (Å²) in [6, 6.07) is 20.8. The molecule has 0 radical (unpaired) electrons. The molecular formula is C24H29O4P. The first-order chi connectivity index (χ1) is 14.0. The Morgan fingerprint density at radius 1 is 0.586 bits per heavy atom. The molecule has 0 aliphatic carbocycles. The molecule has 0 heterocycles. The van der Waals surface area contributed by atoms with Crippen molar-refractivity contribution in [3.05, 3.63) is 66.2 Å². The van der Waals surface area contributed by atoms with Gasteiger partial charge in [-0.3, -0.25) is 0 Å². The molecule has 0 aromatic heterocycles. The Kier molecular flexibility index (Phi) is 6.34. The topological polar surface area (TPSA) is 36.9 Å². The first kappa shape index (κ1) is 21.0. The maximum absolute atomic E-state index is 5.58. The predicted molar refractivity (Wildman–Crippen MR) is 123 cm³/mol. The van der Waals surface area contributed by atoms with Crippen LogP contribution >= 0.6 is 7.26 Å². The number of ether oxygens (including phenoxy) is 4. The quantitative estimate of drug-likeness (QED) is 0.555. The van der Waals surface area contributed by atoms with E-state index in [9.17, 15) is 0 Å². The fourth-order valence-corrected chi connectivity index (χ4v) is 7.78. The maximum atomic E-state index is 5.58. The summed E-state index contributed by atoms with van der Waals surface area (Å²) in [5.41, 5.74) is 1.25. The Balaban J connectivity index is 2.37. The van der Waals surface area contributed by atoms with Crippen LogP contribution in [0.25, 0.3) is 0 Å². The third-order valence-corrected chi connectivity index (χ3v) is 10.1. The zero-order valence-corrected chi connectivity index (χ0v) is 18.9. The molecule has 29 heavy (non-hydrogen) atoms. The standard InChI is InChI=1S/C24H29O4P/c1-17-9-7-8-10-24(17)29(6,22-13-18(25-2)11-19(14-22)26-3)23-15-20(27-4)12-21(16-23)28-5/h7-16,29H,1-6H3. The SMILES string of the molecule is COc1cc(OC)cc([PH](C)(c2cc(OC)cc(OC)c2)c2ccccc2C)c1. The van der Waals surface area contributed by atoms with Gasteiger partial charge in [-0.15, -0.1) is 0 Å². The number of hydrogen-bond acceptors (Lipinski definition) is 4. The Morgan fingerprint density at radius 2 is 0.966 bits per heavy atom. The molecule has 0 N–H and O–H groups in total. The van der Waals surface area contributed by atoms with Crippen molar-refractivity contribution in [1.29, 1.82) is 0 Å². The summed E-state index contributed by atoms with van der Waals surface area (Å²) >= 11 is 0. The van der Waals surface area contributed by atoms with E-state index < -0.39 is 7.26 Å². The average molecular weight is 412 g/mol. The van der Waals surface area contributed by atoms with Crippen LogP contribution in [0.15, 0.2) is 60.7 Å². The third kappa shape index (κ3) is 4.04. The van der Waals surface area contributed by atoms with Gasteiger partial charge in [-0.25, -0.2) is 0 Å². The van der Waals surface area contributed by atoms with Gasteiger partial charge in [0, 0.05) is 0 Å². The van der Waals surface area contributed by atoms with Gasteiger partial charge in [-0.2, -0.15) is 0 Å². The van der Waals surface area contributed by atoms with Crippen molar-refractivity contribution in [2.24, 2.45) is 0 Å². The molecule has 5 heteroatoms. The molecule has 0 atom stereocenters. The molecular weight excluding hydrogens is 383 g/mol. The van der Waals surface area contributed by atoms with Gasteiger partial charge in [0.2, 0.25) is 0 Å². The summed E-state index contributed by atoms with van der Waals surface area (Å²) in [6.45, 7) is 4.51. The molecule has 0 spiro atoms. The Bertz CT molecular complexity index is 900. The van der Waals surface area contributed by atoms with E-state index in [1.165, 1.54) is 21.5 Å². The number of rotatable bonds is 7. The van der Waals surface area contributed by atoms with Crippen LogP contribution in [0, 0.1) is 6.92 Å². The minimum atomic E-state index is -2.43. The molecule has 0 amide bonds. The van der Waals surface area contributed by atoms with Crippen molar-refractivity contribution in [2.75, 3.05) is 35.1 Å². The van der Waals surface area contributed by atoms with E-state index in [1.54, 1.807) is 28.4 Å². The van der Waals surface area contributed by atoms with Crippen molar-refractivity contribution < 1.29 is 18.9 Å². The molecule has 0 unspecified atom stereocenters. The van der Waals surface area contributed by atoms with Gasteiger partial charge >= 0.3 is 173 Å². The fraction of sp³-hybridized carbons (Fsp3) is 0.250. The van der Waals surface area contributed by atoms with Gasteiger partial charge in [-0.1, -0.05) is 0 Å². The van der Waals surface area contributed by atoms with Crippen LogP contribution in [-0.2, 0) is 0 Å². The minimum absolute atomic E-state index is 0.779. The summed E-state index contributed by atoms with van der Waals surface area (Å²) in [7, 11) is 4.29. The van der Waals surface area contributed by atoms with E-state index in [0.717, 1.165) is 23.0 Å². The van der Waals surface area contributed by atoms with Gasteiger partial charge in [-0.05, 0) is 0 Å². The number of benzene rings is 3. The Hall–Kier alpha value is -2.71. The van der Waals surface area contributed by atoms with Crippen molar-refractivity contribution in [1.82, 2.24) is 0 Å². The zero-order chi connectivity index (χ0) is 21.0. The van der Waals surface area contributed by atoms with Crippen molar-refractivity contribution >= 4 is 23.2 Å². The first-order valence-corrected chi connectivity index (χ1v) is 12.0. The summed E-state index contributed by atoms with van der Waals surface area (Å²) in [4.78, 5) is 0. The van der Waals surface area contributed by atoms with Gasteiger partial charge in [0.15, 0.2) is 0 Å². The van der Waals surface area contributed by atoms with Crippen LogP contribution in [0.1, 0.15) is 5.56 Å². The fourth-order valence-electron chi connectivity index (χ4n) is 3.80. The van der Waals surface area contributed by atoms with Crippen LogP contribution in [0.2, 0.25) is 0 Å². The monoisotopic (exact) mass is 412 g/mol. The summed E-state index contributed by atoms with van der Waals surface area (Å²) in [6.07, 6.45) is 0. The number of hydrogen-bond donors (Lipinski definition) is 0. The van der Waals surface area contributed by atoms with Gasteiger partial charge in [0.25, 0.3) is 0 Å². The molecule has 4 nitrogen and oxygen atoms in total. The van der Waals surface area contributed by atoms with Crippen LogP contribution in [0.5, 0.6) is 23.0 Å². The third-order valence-electron chi connectivity index (χ3n) is 5.54. The normalized spacial score (nSPS) is 11.7. The second-order valence-corrected chi connectivity index (χ2v) is 11.1. The summed E-state index contributed by atoms with van der Waals surface area (Å²) in [5.74, 6) is 3.12. The van der Waals surface area contributed by atoms with Gasteiger partial charge in [0.05, 0.1) is 0 Å². The van der Waals surface area contributed by atoms with E-state index in [1.807, 2.05) is 12.1 Å². The van der Waals surface area contributed by atoms with Gasteiger partial charge in [0.1, 0.15) is 0 Å². The molecule has 0 saturated heterocycles. The van der Waals surface area contributed by atoms with Crippen molar-refractivity contribution in [3.63, 3.8) is 0 Å². The van der Waals surface area contributed by atoms with E-state index in [0.29, 0.717) is 0 Å². The second kappa shape index (κ2) is 8.75. The Labute approximate surface area is 173 Å². The molecule has 0 aliphatic heterocycles. The van der Waals surface area contributed by atoms with E-state index in [4.69, 9.17) is 18.9 Å². The van der Waals surface area contributed by atoms with E-state index in [-0.39, 0.29) is 0 Å². The molecule has 0 saturated carbocycles. The zero-order valence-electron chi connectivity index (χ0n) is 17.9. The summed E-state index contributed by atoms with van der Waals surface area (Å²) < 4.78 is 22.3. The molecule has 3 rings (SSSR count). The molecule has 0 bridgehead atoms. The van der Waals surface area contributed by atoms with Crippen LogP contribution < -0.4 is 34.9 Å². The molecule has 154 valence electrons. The Morgan fingerprint density at radius 3 is 1.31 bits per heavy atom. The molecule has 0 fully saturated rings. The van der Waals surface area contributed by atoms with E-state index in [2.05, 4.69) is 62.1 Å². The first-order valence-electron chi connectivity index (χ1n) is 9.49. The number of methoxy groups -OCH3 is 4. The predicted octanol–water partition coefficient (Wildman–Crippen LogP) is 3.69. The second-order valence-electron chi connectivity index (χ2n) is 7.14. The van der Waals surface area contributed by atoms with Crippen molar-refractivity contribution in [3.8, 4) is 23.0 Å². The van der Waals surface area contributed by atoms with Crippen molar-refractivity contribution in [2.45, 2.75) is 6.92 Å². The van der Waals surface area contributed by atoms with Crippen LogP contribution in [-0.4, -0.2) is 35.1 Å². The average Bonchev–Trinajstić information content (AvgIpc) is 2.77. The molecule has 3 aromatic carbocycles. The molecule has 0 aliphatic rings.